The lowest BCUT2D eigenvalue weighted by Gasteiger charge is -2.26. The molecule has 0 aromatic rings. The number of phosphoric acid groups is 1. The summed E-state index contributed by atoms with van der Waals surface area (Å²) in [6.07, 6.45) is 60.2. The minimum absolute atomic E-state index is 0.167. The normalized spacial score (nSPS) is 13.4. The number of hydrogen-bond donors (Lipinski definition) is 0. The van der Waals surface area contributed by atoms with Gasteiger partial charge >= 0.3 is 19.8 Å². The lowest BCUT2D eigenvalue weighted by molar-refractivity contribution is -0.870. The number of likely N-dealkylation sites (N-methyl/N-ethyl adjacent to an activating group) is 1. The summed E-state index contributed by atoms with van der Waals surface area (Å²) in [5, 5.41) is 0. The van der Waals surface area contributed by atoms with E-state index in [4.69, 9.17) is 23.0 Å². The van der Waals surface area contributed by atoms with E-state index in [0.29, 0.717) is 17.4 Å². The Labute approximate surface area is 447 Å². The molecular weight excluding hydrogens is 918 g/mol. The van der Waals surface area contributed by atoms with Crippen LogP contribution in [0.4, 0.5) is 0 Å². The first-order valence-corrected chi connectivity index (χ1v) is 32.5. The largest absolute Gasteiger partial charge is 0.475 e. The molecule has 72 heavy (non-hydrogen) atoms. The van der Waals surface area contributed by atoms with Crippen molar-refractivity contribution in [1.29, 1.82) is 0 Å². The maximum Gasteiger partial charge on any atom is 0.475 e. The van der Waals surface area contributed by atoms with Crippen molar-refractivity contribution in [2.24, 2.45) is 0 Å². The Morgan fingerprint density at radius 2 is 0.708 bits per heavy atom. The van der Waals surface area contributed by atoms with E-state index in [0.717, 1.165) is 89.9 Å². The van der Waals surface area contributed by atoms with E-state index < -0.39 is 13.9 Å². The van der Waals surface area contributed by atoms with Crippen LogP contribution in [-0.4, -0.2) is 76.6 Å². The first-order chi connectivity index (χ1) is 35.0. The summed E-state index contributed by atoms with van der Waals surface area (Å²) >= 11 is 0. The molecule has 0 aliphatic carbocycles. The van der Waals surface area contributed by atoms with Crippen LogP contribution in [0.3, 0.4) is 0 Å². The molecule has 9 nitrogen and oxygen atoms in total. The van der Waals surface area contributed by atoms with Crippen LogP contribution >= 0.6 is 7.82 Å². The van der Waals surface area contributed by atoms with E-state index in [1.165, 1.54) is 180 Å². The fourth-order valence-electron chi connectivity index (χ4n) is 8.84. The number of ether oxygens (including phenoxy) is 2. The van der Waals surface area contributed by atoms with Crippen LogP contribution in [0, 0.1) is 0 Å². The Morgan fingerprint density at radius 1 is 0.389 bits per heavy atom. The van der Waals surface area contributed by atoms with E-state index in [1.54, 1.807) is 0 Å². The molecule has 0 N–H and O–H groups in total. The third-order valence-electron chi connectivity index (χ3n) is 13.7. The zero-order valence-electron chi connectivity index (χ0n) is 48.7. The van der Waals surface area contributed by atoms with Gasteiger partial charge in [0.05, 0.1) is 34.4 Å². The van der Waals surface area contributed by atoms with Gasteiger partial charge in [0.15, 0.2) is 6.10 Å². The van der Waals surface area contributed by atoms with E-state index in [9.17, 15) is 14.2 Å². The highest BCUT2D eigenvalue weighted by atomic mass is 31.2. The average molecular weight is 1040 g/mol. The SMILES string of the molecule is CCCCCCCC/C=C/CCCCCCCC(=O)OCC(COP(=O)(OCCCCCCCCCCCCCCCCCC)OCC[N+](C)(C)C)OC(=O)CCCCCCC/C=C/CCCCCCCC. The molecule has 426 valence electrons. The highest BCUT2D eigenvalue weighted by Crippen LogP contribution is 2.49. The van der Waals surface area contributed by atoms with Gasteiger partial charge in [-0.3, -0.25) is 23.2 Å². The maximum absolute atomic E-state index is 14.1. The van der Waals surface area contributed by atoms with Gasteiger partial charge in [-0.25, -0.2) is 4.57 Å². The lowest BCUT2D eigenvalue weighted by atomic mass is 10.0. The highest BCUT2D eigenvalue weighted by molar-refractivity contribution is 7.48. The first-order valence-electron chi connectivity index (χ1n) is 31.0. The topological polar surface area (TPSA) is 97.4 Å². The van der Waals surface area contributed by atoms with Gasteiger partial charge < -0.3 is 14.0 Å². The van der Waals surface area contributed by atoms with Gasteiger partial charge in [-0.2, -0.15) is 0 Å². The molecule has 0 aromatic carbocycles. The predicted molar refractivity (Wildman–Crippen MR) is 308 cm³/mol. The second kappa shape index (κ2) is 54.3. The number of carbonyl (C=O) groups is 2. The van der Waals surface area contributed by atoms with Gasteiger partial charge in [-0.05, 0) is 70.6 Å². The molecule has 0 radical (unpaired) electrons. The molecule has 0 saturated heterocycles. The van der Waals surface area contributed by atoms with E-state index in [2.05, 4.69) is 45.1 Å². The zero-order valence-corrected chi connectivity index (χ0v) is 49.6. The molecule has 0 spiro atoms. The molecule has 0 bridgehead atoms. The van der Waals surface area contributed by atoms with Crippen LogP contribution in [0.5, 0.6) is 0 Å². The molecule has 0 heterocycles. The summed E-state index contributed by atoms with van der Waals surface area (Å²) in [6.45, 7) is 7.43. The van der Waals surface area contributed by atoms with Crippen molar-refractivity contribution in [2.75, 3.05) is 54.1 Å². The quantitative estimate of drug-likeness (QED) is 0.0195. The van der Waals surface area contributed by atoms with Crippen LogP contribution in [0.2, 0.25) is 0 Å². The smallest absolute Gasteiger partial charge is 0.462 e. The molecule has 0 rings (SSSR count). The van der Waals surface area contributed by atoms with E-state index in [-0.39, 0.29) is 44.8 Å². The Morgan fingerprint density at radius 3 is 1.08 bits per heavy atom. The summed E-state index contributed by atoms with van der Waals surface area (Å²) in [5.74, 6) is -0.697. The van der Waals surface area contributed by atoms with Gasteiger partial charge in [-0.15, -0.1) is 0 Å². The summed E-state index contributed by atoms with van der Waals surface area (Å²) in [6, 6.07) is 0. The minimum Gasteiger partial charge on any atom is -0.462 e. The second-order valence-electron chi connectivity index (χ2n) is 22.2. The third kappa shape index (κ3) is 54.7. The molecule has 0 fully saturated rings. The number of esters is 2. The van der Waals surface area contributed by atoms with Crippen LogP contribution in [0.25, 0.3) is 0 Å². The number of carbonyl (C=O) groups excluding carboxylic acids is 2. The van der Waals surface area contributed by atoms with Crippen molar-refractivity contribution in [3.63, 3.8) is 0 Å². The van der Waals surface area contributed by atoms with Crippen LogP contribution in [-0.2, 0) is 37.2 Å². The van der Waals surface area contributed by atoms with Crippen molar-refractivity contribution < 1.29 is 41.7 Å². The zero-order chi connectivity index (χ0) is 52.7. The predicted octanol–water partition coefficient (Wildman–Crippen LogP) is 19.6. The van der Waals surface area contributed by atoms with Gasteiger partial charge in [0.2, 0.25) is 0 Å². The molecule has 0 aliphatic rings. The Bertz CT molecular complexity index is 1270. The fraction of sp³-hybridized carbons (Fsp3) is 0.903. The molecular formula is C62H121NO8P+. The molecule has 0 saturated carbocycles. The number of rotatable bonds is 58. The van der Waals surface area contributed by atoms with Gasteiger partial charge in [0.1, 0.15) is 19.8 Å². The number of hydrogen-bond acceptors (Lipinski definition) is 8. The summed E-state index contributed by atoms with van der Waals surface area (Å²) in [7, 11) is 2.14. The second-order valence-corrected chi connectivity index (χ2v) is 23.9. The summed E-state index contributed by atoms with van der Waals surface area (Å²) < 4.78 is 43.9. The van der Waals surface area contributed by atoms with Crippen LogP contribution in [0.1, 0.15) is 303 Å². The van der Waals surface area contributed by atoms with Gasteiger partial charge in [0, 0.05) is 12.8 Å². The molecule has 0 amide bonds. The lowest BCUT2D eigenvalue weighted by Crippen LogP contribution is -2.37. The number of phosphoric ester groups is 1. The number of nitrogens with zero attached hydrogens (tertiary/aromatic N) is 1. The molecule has 10 heteroatoms. The molecule has 2 unspecified atom stereocenters. The van der Waals surface area contributed by atoms with Crippen molar-refractivity contribution in [3.8, 4) is 0 Å². The van der Waals surface area contributed by atoms with Crippen LogP contribution in [0.15, 0.2) is 24.3 Å². The Balaban J connectivity index is 4.96. The number of unbranched alkanes of at least 4 members (excludes halogenated alkanes) is 37. The summed E-state index contributed by atoms with van der Waals surface area (Å²) in [5.41, 5.74) is 0. The van der Waals surface area contributed by atoms with Gasteiger partial charge in [0.25, 0.3) is 0 Å². The third-order valence-corrected chi connectivity index (χ3v) is 15.2. The average Bonchev–Trinajstić information content (AvgIpc) is 3.35. The highest BCUT2D eigenvalue weighted by Gasteiger charge is 2.31. The molecule has 0 aliphatic heterocycles. The standard InChI is InChI=1S/C62H121NO8P/c1-7-10-13-16-19-22-25-28-31-34-37-40-43-46-49-52-56-68-72(66,69-57-55-63(4,5)6)70-59-60(71-62(65)54-51-48-45-42-39-36-33-30-27-24-21-18-15-12-9-3)58-67-61(64)53-50-47-44-41-38-35-32-29-26-23-20-17-14-11-8-2/h29-30,32-33,60H,7-28,31,34-59H2,1-6H3/q+1/b32-29+,33-30+. The van der Waals surface area contributed by atoms with Crippen molar-refractivity contribution >= 4 is 19.8 Å². The van der Waals surface area contributed by atoms with Crippen LogP contribution < -0.4 is 0 Å². The van der Waals surface area contributed by atoms with Crippen molar-refractivity contribution in [1.82, 2.24) is 0 Å². The summed E-state index contributed by atoms with van der Waals surface area (Å²) in [4.78, 5) is 26.0. The maximum atomic E-state index is 14.1. The monoisotopic (exact) mass is 1040 g/mol. The van der Waals surface area contributed by atoms with Crippen molar-refractivity contribution in [2.45, 2.75) is 309 Å². The number of allylic oxidation sites excluding steroid dienone is 4. The fourth-order valence-corrected chi connectivity index (χ4v) is 10.1. The molecule has 2 atom stereocenters. The number of quaternary nitrogens is 1. The van der Waals surface area contributed by atoms with E-state index >= 15 is 0 Å². The Kier molecular flexibility index (Phi) is 53.1. The Hall–Kier alpha value is -1.51. The van der Waals surface area contributed by atoms with Gasteiger partial charge in [-0.1, -0.05) is 244 Å². The van der Waals surface area contributed by atoms with E-state index in [1.807, 2.05) is 21.1 Å². The molecule has 0 aromatic heterocycles. The first kappa shape index (κ1) is 70.5. The van der Waals surface area contributed by atoms with Crippen molar-refractivity contribution in [3.05, 3.63) is 24.3 Å². The minimum atomic E-state index is -3.99.